The van der Waals surface area contributed by atoms with E-state index in [1.165, 1.54) is 6.42 Å². The fourth-order valence-corrected chi connectivity index (χ4v) is 2.15. The number of hydrogen-bond donors (Lipinski definition) is 0. The van der Waals surface area contributed by atoms with Gasteiger partial charge < -0.3 is 4.90 Å². The zero-order chi connectivity index (χ0) is 7.30. The van der Waals surface area contributed by atoms with Crippen LogP contribution in [0.1, 0.15) is 13.3 Å². The molecule has 0 bridgehead atoms. The number of likely N-dealkylation sites (tertiary alicyclic amines) is 1. The summed E-state index contributed by atoms with van der Waals surface area (Å²) in [5, 5.41) is 0. The van der Waals surface area contributed by atoms with Crippen LogP contribution in [0, 0.1) is 11.8 Å². The minimum Gasteiger partial charge on any atom is -0.302 e. The predicted octanol–water partition coefficient (Wildman–Crippen LogP) is 0.525. The maximum atomic E-state index is 11.0. The third-order valence-corrected chi connectivity index (χ3v) is 2.89. The molecule has 1 aliphatic heterocycles. The molecule has 0 aromatic carbocycles. The normalized spacial score (nSPS) is 45.2. The Bertz CT molecular complexity index is 178. The van der Waals surface area contributed by atoms with Gasteiger partial charge >= 0.3 is 0 Å². The summed E-state index contributed by atoms with van der Waals surface area (Å²) in [6, 6.07) is 0.758. The van der Waals surface area contributed by atoms with Gasteiger partial charge in [-0.1, -0.05) is 0 Å². The van der Waals surface area contributed by atoms with E-state index >= 15 is 0 Å². The summed E-state index contributed by atoms with van der Waals surface area (Å²) < 4.78 is 0. The molecular weight excluding hydrogens is 126 g/mol. The molecule has 0 aromatic heterocycles. The number of nitrogens with zero attached hydrogens (tertiary/aromatic N) is 1. The molecule has 2 fully saturated rings. The van der Waals surface area contributed by atoms with E-state index in [0.717, 1.165) is 18.5 Å². The lowest BCUT2D eigenvalue weighted by molar-refractivity contribution is -0.121. The van der Waals surface area contributed by atoms with Crippen LogP contribution in [0.4, 0.5) is 0 Å². The molecule has 0 amide bonds. The first-order chi connectivity index (χ1) is 4.70. The molecule has 0 spiro atoms. The molecule has 1 saturated carbocycles. The van der Waals surface area contributed by atoms with Crippen LogP contribution in [0.15, 0.2) is 0 Å². The Morgan fingerprint density at radius 2 is 2.30 bits per heavy atom. The monoisotopic (exact) mass is 139 g/mol. The molecule has 10 heavy (non-hydrogen) atoms. The van der Waals surface area contributed by atoms with Crippen molar-refractivity contribution in [3.05, 3.63) is 0 Å². The summed E-state index contributed by atoms with van der Waals surface area (Å²) >= 11 is 0. The van der Waals surface area contributed by atoms with E-state index in [4.69, 9.17) is 0 Å². The van der Waals surface area contributed by atoms with Crippen molar-refractivity contribution in [2.24, 2.45) is 11.8 Å². The SMILES string of the molecule is CC(=O)C1CN(C)C2CC12. The molecule has 0 aromatic rings. The smallest absolute Gasteiger partial charge is 0.134 e. The summed E-state index contributed by atoms with van der Waals surface area (Å²) in [5.74, 6) is 1.48. The molecule has 2 nitrogen and oxygen atoms in total. The lowest BCUT2D eigenvalue weighted by atomic mass is 10.0. The second kappa shape index (κ2) is 1.82. The highest BCUT2D eigenvalue weighted by Gasteiger charge is 2.53. The lowest BCUT2D eigenvalue weighted by Crippen LogP contribution is -2.23. The summed E-state index contributed by atoms with van der Waals surface area (Å²) in [5.41, 5.74) is 0. The topological polar surface area (TPSA) is 20.3 Å². The van der Waals surface area contributed by atoms with Gasteiger partial charge in [-0.2, -0.15) is 0 Å². The van der Waals surface area contributed by atoms with Gasteiger partial charge in [-0.3, -0.25) is 4.79 Å². The number of carbonyl (C=O) groups is 1. The highest BCUT2D eigenvalue weighted by atomic mass is 16.1. The van der Waals surface area contributed by atoms with E-state index in [1.807, 2.05) is 0 Å². The molecule has 2 heteroatoms. The first-order valence-corrected chi connectivity index (χ1v) is 3.91. The Morgan fingerprint density at radius 1 is 1.60 bits per heavy atom. The second-order valence-electron chi connectivity index (χ2n) is 3.62. The van der Waals surface area contributed by atoms with E-state index in [0.29, 0.717) is 11.7 Å². The molecule has 0 radical (unpaired) electrons. The van der Waals surface area contributed by atoms with Crippen LogP contribution in [-0.4, -0.2) is 30.3 Å². The van der Waals surface area contributed by atoms with Gasteiger partial charge in [0.25, 0.3) is 0 Å². The van der Waals surface area contributed by atoms with Crippen molar-refractivity contribution in [2.45, 2.75) is 19.4 Å². The summed E-state index contributed by atoms with van der Waals surface area (Å²) in [6.45, 7) is 2.73. The fourth-order valence-electron chi connectivity index (χ4n) is 2.15. The number of fused-ring (bicyclic) bond motifs is 1. The Morgan fingerprint density at radius 3 is 2.50 bits per heavy atom. The van der Waals surface area contributed by atoms with Gasteiger partial charge in [-0.25, -0.2) is 0 Å². The van der Waals surface area contributed by atoms with Gasteiger partial charge in [0.15, 0.2) is 0 Å². The molecule has 2 aliphatic rings. The third kappa shape index (κ3) is 0.717. The number of ketones is 1. The largest absolute Gasteiger partial charge is 0.302 e. The number of piperidine rings is 1. The quantitative estimate of drug-likeness (QED) is 0.528. The van der Waals surface area contributed by atoms with Crippen LogP contribution >= 0.6 is 0 Å². The van der Waals surface area contributed by atoms with Crippen molar-refractivity contribution in [3.8, 4) is 0 Å². The lowest BCUT2D eigenvalue weighted by Gasteiger charge is -2.12. The molecule has 1 aliphatic carbocycles. The molecule has 3 atom stereocenters. The van der Waals surface area contributed by atoms with Crippen LogP contribution in [0.25, 0.3) is 0 Å². The van der Waals surface area contributed by atoms with Crippen LogP contribution in [0.3, 0.4) is 0 Å². The Balaban J connectivity index is 2.08. The van der Waals surface area contributed by atoms with E-state index in [9.17, 15) is 4.79 Å². The highest BCUT2D eigenvalue weighted by molar-refractivity contribution is 5.80. The molecule has 0 N–H and O–H groups in total. The van der Waals surface area contributed by atoms with Gasteiger partial charge in [0, 0.05) is 18.5 Å². The van der Waals surface area contributed by atoms with E-state index in [2.05, 4.69) is 11.9 Å². The third-order valence-electron chi connectivity index (χ3n) is 2.89. The molecule has 1 saturated heterocycles. The predicted molar refractivity (Wildman–Crippen MR) is 38.7 cm³/mol. The van der Waals surface area contributed by atoms with E-state index in [1.54, 1.807) is 6.92 Å². The maximum Gasteiger partial charge on any atom is 0.134 e. The number of Topliss-reactive ketones (excluding diaryl/α,β-unsaturated/α-hetero) is 1. The van der Waals surface area contributed by atoms with E-state index in [-0.39, 0.29) is 0 Å². The van der Waals surface area contributed by atoms with Gasteiger partial charge in [-0.15, -0.1) is 0 Å². The standard InChI is InChI=1S/C8H13NO/c1-5(10)7-4-9(2)8-3-6(7)8/h6-8H,3-4H2,1-2H3. The first-order valence-electron chi connectivity index (χ1n) is 3.91. The summed E-state index contributed by atoms with van der Waals surface area (Å²) in [6.07, 6.45) is 1.26. The average Bonchev–Trinajstić information content (AvgIpc) is 2.55. The number of rotatable bonds is 1. The minimum atomic E-state index is 0.370. The summed E-state index contributed by atoms with van der Waals surface area (Å²) in [7, 11) is 2.12. The van der Waals surface area contributed by atoms with Crippen LogP contribution in [0.5, 0.6) is 0 Å². The maximum absolute atomic E-state index is 11.0. The van der Waals surface area contributed by atoms with Crippen molar-refractivity contribution < 1.29 is 4.79 Å². The van der Waals surface area contributed by atoms with Crippen LogP contribution < -0.4 is 0 Å². The average molecular weight is 139 g/mol. The molecule has 3 unspecified atom stereocenters. The van der Waals surface area contributed by atoms with Crippen molar-refractivity contribution in [1.29, 1.82) is 0 Å². The van der Waals surface area contributed by atoms with Gasteiger partial charge in [0.1, 0.15) is 5.78 Å². The van der Waals surface area contributed by atoms with Crippen molar-refractivity contribution in [1.82, 2.24) is 4.90 Å². The Hall–Kier alpha value is -0.370. The summed E-state index contributed by atoms with van der Waals surface area (Å²) in [4.78, 5) is 13.3. The Kier molecular flexibility index (Phi) is 1.15. The molecular formula is C8H13NO. The highest BCUT2D eigenvalue weighted by Crippen LogP contribution is 2.47. The molecule has 1 heterocycles. The van der Waals surface area contributed by atoms with Crippen molar-refractivity contribution in [3.63, 3.8) is 0 Å². The van der Waals surface area contributed by atoms with E-state index < -0.39 is 0 Å². The minimum absolute atomic E-state index is 0.370. The molecule has 56 valence electrons. The van der Waals surface area contributed by atoms with Gasteiger partial charge in [0.05, 0.1) is 0 Å². The second-order valence-corrected chi connectivity index (χ2v) is 3.62. The van der Waals surface area contributed by atoms with Crippen molar-refractivity contribution in [2.75, 3.05) is 13.6 Å². The zero-order valence-electron chi connectivity index (χ0n) is 6.50. The Labute approximate surface area is 61.2 Å². The van der Waals surface area contributed by atoms with Gasteiger partial charge in [-0.05, 0) is 26.3 Å². The zero-order valence-corrected chi connectivity index (χ0v) is 6.50. The van der Waals surface area contributed by atoms with Crippen LogP contribution in [-0.2, 0) is 4.79 Å². The fraction of sp³-hybridized carbons (Fsp3) is 0.875. The number of carbonyl (C=O) groups excluding carboxylic acids is 1. The van der Waals surface area contributed by atoms with Crippen LogP contribution in [0.2, 0.25) is 0 Å². The van der Waals surface area contributed by atoms with Gasteiger partial charge in [0.2, 0.25) is 0 Å². The molecule has 2 rings (SSSR count). The number of hydrogen-bond acceptors (Lipinski definition) is 2. The first kappa shape index (κ1) is 6.35. The van der Waals surface area contributed by atoms with Crippen molar-refractivity contribution >= 4 is 5.78 Å².